The molecule has 7 heteroatoms. The number of aryl methyl sites for hydroxylation is 1. The van der Waals surface area contributed by atoms with Crippen molar-refractivity contribution in [2.75, 3.05) is 0 Å². The molecular formula is C13H11N3O4. The van der Waals surface area contributed by atoms with Crippen LogP contribution in [0.3, 0.4) is 0 Å². The fraction of sp³-hybridized carbons (Fsp3) is 0.154. The summed E-state index contributed by atoms with van der Waals surface area (Å²) < 4.78 is 8.10. The molecule has 3 aromatic rings. The molecule has 0 atom stereocenters. The Bertz CT molecular complexity index is 856. The standard InChI is InChI=1S/C13H11N3O4/c1-8-4-11-12(17)15(2-3-16(11)14-8)6-10-5-9(7-20-10)13(18)19/h2-5,7H,6H2,1H3,(H,18,19). The van der Waals surface area contributed by atoms with E-state index in [0.717, 1.165) is 12.0 Å². The molecule has 0 aromatic carbocycles. The molecule has 3 heterocycles. The molecule has 3 aromatic heterocycles. The largest absolute Gasteiger partial charge is 0.478 e. The van der Waals surface area contributed by atoms with Crippen LogP contribution in [-0.2, 0) is 6.54 Å². The number of furan rings is 1. The van der Waals surface area contributed by atoms with E-state index in [1.807, 2.05) is 6.92 Å². The molecule has 0 radical (unpaired) electrons. The zero-order chi connectivity index (χ0) is 14.3. The van der Waals surface area contributed by atoms with Crippen molar-refractivity contribution in [3.8, 4) is 0 Å². The first-order chi connectivity index (χ1) is 9.54. The van der Waals surface area contributed by atoms with Crippen LogP contribution in [0.15, 0.2) is 40.0 Å². The van der Waals surface area contributed by atoms with E-state index in [2.05, 4.69) is 5.10 Å². The van der Waals surface area contributed by atoms with Gasteiger partial charge >= 0.3 is 5.97 Å². The zero-order valence-electron chi connectivity index (χ0n) is 10.6. The Kier molecular flexibility index (Phi) is 2.67. The van der Waals surface area contributed by atoms with Crippen molar-refractivity contribution in [3.63, 3.8) is 0 Å². The number of aromatic carboxylic acids is 1. The van der Waals surface area contributed by atoms with Gasteiger partial charge in [0.1, 0.15) is 17.5 Å². The number of aromatic nitrogens is 3. The topological polar surface area (TPSA) is 89.7 Å². The number of fused-ring (bicyclic) bond motifs is 1. The van der Waals surface area contributed by atoms with Gasteiger partial charge in [0.2, 0.25) is 0 Å². The number of carbonyl (C=O) groups is 1. The molecule has 102 valence electrons. The maximum absolute atomic E-state index is 12.2. The molecule has 0 amide bonds. The normalized spacial score (nSPS) is 11.1. The minimum absolute atomic E-state index is 0.0642. The molecule has 0 aliphatic heterocycles. The lowest BCUT2D eigenvalue weighted by molar-refractivity contribution is 0.0696. The molecule has 0 bridgehead atoms. The minimum Gasteiger partial charge on any atom is -0.478 e. The van der Waals surface area contributed by atoms with Crippen LogP contribution in [0.5, 0.6) is 0 Å². The average Bonchev–Trinajstić information content (AvgIpc) is 2.99. The Morgan fingerprint density at radius 3 is 2.90 bits per heavy atom. The lowest BCUT2D eigenvalue weighted by atomic mass is 10.3. The smallest absolute Gasteiger partial charge is 0.338 e. The molecule has 1 N–H and O–H groups in total. The third-order valence-corrected chi connectivity index (χ3v) is 2.95. The highest BCUT2D eigenvalue weighted by Gasteiger charge is 2.10. The van der Waals surface area contributed by atoms with Gasteiger partial charge in [-0.15, -0.1) is 0 Å². The molecule has 0 fully saturated rings. The fourth-order valence-corrected chi connectivity index (χ4v) is 2.02. The maximum Gasteiger partial charge on any atom is 0.338 e. The summed E-state index contributed by atoms with van der Waals surface area (Å²) in [5.74, 6) is -0.653. The third kappa shape index (κ3) is 1.99. The van der Waals surface area contributed by atoms with Gasteiger partial charge in [0.25, 0.3) is 5.56 Å². The number of rotatable bonds is 3. The van der Waals surface area contributed by atoms with Gasteiger partial charge in [-0.1, -0.05) is 0 Å². The van der Waals surface area contributed by atoms with Crippen molar-refractivity contribution >= 4 is 11.5 Å². The van der Waals surface area contributed by atoms with Gasteiger partial charge < -0.3 is 14.1 Å². The summed E-state index contributed by atoms with van der Waals surface area (Å²) >= 11 is 0. The van der Waals surface area contributed by atoms with Gasteiger partial charge in [0, 0.05) is 12.4 Å². The van der Waals surface area contributed by atoms with E-state index in [9.17, 15) is 9.59 Å². The number of carboxylic acids is 1. The second kappa shape index (κ2) is 4.37. The molecule has 0 saturated carbocycles. The Morgan fingerprint density at radius 1 is 1.40 bits per heavy atom. The van der Waals surface area contributed by atoms with E-state index in [1.54, 1.807) is 18.5 Å². The lowest BCUT2D eigenvalue weighted by Crippen LogP contribution is -2.21. The van der Waals surface area contributed by atoms with Crippen molar-refractivity contribution in [2.24, 2.45) is 0 Å². The van der Waals surface area contributed by atoms with Crippen molar-refractivity contribution in [1.82, 2.24) is 14.2 Å². The maximum atomic E-state index is 12.2. The van der Waals surface area contributed by atoms with Crippen LogP contribution < -0.4 is 5.56 Å². The molecule has 0 aliphatic rings. The van der Waals surface area contributed by atoms with Crippen LogP contribution in [0.25, 0.3) is 5.52 Å². The summed E-state index contributed by atoms with van der Waals surface area (Å²) in [5.41, 5.74) is 1.08. The quantitative estimate of drug-likeness (QED) is 0.773. The van der Waals surface area contributed by atoms with Crippen LogP contribution in [-0.4, -0.2) is 25.3 Å². The van der Waals surface area contributed by atoms with E-state index in [-0.39, 0.29) is 17.7 Å². The predicted octanol–water partition coefficient (Wildman–Crippen LogP) is 1.14. The number of nitrogens with zero attached hydrogens (tertiary/aromatic N) is 3. The summed E-state index contributed by atoms with van der Waals surface area (Å²) in [6, 6.07) is 3.10. The Labute approximate surface area is 112 Å². The van der Waals surface area contributed by atoms with E-state index in [0.29, 0.717) is 11.3 Å². The van der Waals surface area contributed by atoms with Crippen LogP contribution in [0.1, 0.15) is 21.8 Å². The fourth-order valence-electron chi connectivity index (χ4n) is 2.02. The molecule has 3 rings (SSSR count). The molecule has 0 saturated heterocycles. The van der Waals surface area contributed by atoms with Crippen molar-refractivity contribution in [1.29, 1.82) is 0 Å². The van der Waals surface area contributed by atoms with Gasteiger partial charge in [0.05, 0.1) is 17.8 Å². The van der Waals surface area contributed by atoms with E-state index < -0.39 is 5.97 Å². The van der Waals surface area contributed by atoms with Crippen molar-refractivity contribution < 1.29 is 14.3 Å². The van der Waals surface area contributed by atoms with Crippen LogP contribution in [0.2, 0.25) is 0 Å². The Hall–Kier alpha value is -2.83. The highest BCUT2D eigenvalue weighted by molar-refractivity contribution is 5.87. The van der Waals surface area contributed by atoms with Crippen LogP contribution >= 0.6 is 0 Å². The first kappa shape index (κ1) is 12.2. The SMILES string of the molecule is Cc1cc2c(=O)n(Cc3cc(C(=O)O)co3)ccn2n1. The van der Waals surface area contributed by atoms with Gasteiger partial charge in [-0.25, -0.2) is 9.31 Å². The Balaban J connectivity index is 1.99. The number of carboxylic acid groups (broad SMARTS) is 1. The predicted molar refractivity (Wildman–Crippen MR) is 69.0 cm³/mol. The second-order valence-corrected chi connectivity index (χ2v) is 4.45. The van der Waals surface area contributed by atoms with Crippen molar-refractivity contribution in [3.05, 3.63) is 58.2 Å². The minimum atomic E-state index is -1.06. The lowest BCUT2D eigenvalue weighted by Gasteiger charge is -2.03. The first-order valence-electron chi connectivity index (χ1n) is 5.91. The molecule has 7 nitrogen and oxygen atoms in total. The highest BCUT2D eigenvalue weighted by atomic mass is 16.4. The highest BCUT2D eigenvalue weighted by Crippen LogP contribution is 2.09. The summed E-state index contributed by atoms with van der Waals surface area (Å²) in [7, 11) is 0. The van der Waals surface area contributed by atoms with Gasteiger partial charge in [0.15, 0.2) is 0 Å². The van der Waals surface area contributed by atoms with E-state index in [1.165, 1.54) is 15.1 Å². The van der Waals surface area contributed by atoms with E-state index in [4.69, 9.17) is 9.52 Å². The molecule has 20 heavy (non-hydrogen) atoms. The summed E-state index contributed by atoms with van der Waals surface area (Å²) in [6.45, 7) is 1.98. The average molecular weight is 273 g/mol. The molecule has 0 spiro atoms. The van der Waals surface area contributed by atoms with Gasteiger partial charge in [-0.05, 0) is 19.1 Å². The summed E-state index contributed by atoms with van der Waals surface area (Å²) in [6.07, 6.45) is 4.42. The zero-order valence-corrected chi connectivity index (χ0v) is 10.6. The monoisotopic (exact) mass is 273 g/mol. The first-order valence-corrected chi connectivity index (χ1v) is 5.91. The number of hydrogen-bond acceptors (Lipinski definition) is 4. The van der Waals surface area contributed by atoms with Crippen LogP contribution in [0, 0.1) is 6.92 Å². The van der Waals surface area contributed by atoms with Crippen LogP contribution in [0.4, 0.5) is 0 Å². The Morgan fingerprint density at radius 2 is 2.20 bits per heavy atom. The van der Waals surface area contributed by atoms with Gasteiger partial charge in [-0.2, -0.15) is 5.10 Å². The molecule has 0 aliphatic carbocycles. The molecule has 0 unspecified atom stereocenters. The number of hydrogen-bond donors (Lipinski definition) is 1. The van der Waals surface area contributed by atoms with Gasteiger partial charge in [-0.3, -0.25) is 4.79 Å². The summed E-state index contributed by atoms with van der Waals surface area (Å²) in [4.78, 5) is 23.0. The molecular weight excluding hydrogens is 262 g/mol. The third-order valence-electron chi connectivity index (χ3n) is 2.95. The van der Waals surface area contributed by atoms with Crippen molar-refractivity contribution in [2.45, 2.75) is 13.5 Å². The van der Waals surface area contributed by atoms with E-state index >= 15 is 0 Å². The second-order valence-electron chi connectivity index (χ2n) is 4.45. The summed E-state index contributed by atoms with van der Waals surface area (Å²) in [5, 5.41) is 13.0.